The average Bonchev–Trinajstić information content (AvgIpc) is 2.85. The Labute approximate surface area is 114 Å². The highest BCUT2D eigenvalue weighted by atomic mass is 16.4. The summed E-state index contributed by atoms with van der Waals surface area (Å²) in [6, 6.07) is 11.0. The van der Waals surface area contributed by atoms with E-state index in [1.54, 1.807) is 0 Å². The van der Waals surface area contributed by atoms with Crippen molar-refractivity contribution in [2.75, 3.05) is 26.2 Å². The molecule has 0 bridgehead atoms. The second kappa shape index (κ2) is 7.26. The van der Waals surface area contributed by atoms with E-state index in [-0.39, 0.29) is 6.42 Å². The van der Waals surface area contributed by atoms with Gasteiger partial charge >= 0.3 is 5.97 Å². The fourth-order valence-corrected chi connectivity index (χ4v) is 2.52. The van der Waals surface area contributed by atoms with E-state index in [0.29, 0.717) is 12.6 Å². The van der Waals surface area contributed by atoms with Gasteiger partial charge in [-0.05, 0) is 24.9 Å². The minimum Gasteiger partial charge on any atom is -0.481 e. The lowest BCUT2D eigenvalue weighted by molar-refractivity contribution is -0.136. The Balaban J connectivity index is 1.63. The van der Waals surface area contributed by atoms with Crippen molar-refractivity contribution < 1.29 is 9.90 Å². The first-order valence-corrected chi connectivity index (χ1v) is 6.95. The monoisotopic (exact) mass is 262 g/mol. The van der Waals surface area contributed by atoms with E-state index in [1.165, 1.54) is 5.56 Å². The molecule has 1 fully saturated rings. The van der Waals surface area contributed by atoms with Crippen molar-refractivity contribution in [3.05, 3.63) is 35.9 Å². The van der Waals surface area contributed by atoms with Gasteiger partial charge in [0.25, 0.3) is 0 Å². The molecule has 0 spiro atoms. The van der Waals surface area contributed by atoms with E-state index >= 15 is 0 Å². The van der Waals surface area contributed by atoms with Crippen LogP contribution in [0.4, 0.5) is 0 Å². The Hall–Kier alpha value is -1.39. The van der Waals surface area contributed by atoms with Crippen LogP contribution >= 0.6 is 0 Å². The lowest BCUT2D eigenvalue weighted by Crippen LogP contribution is -2.34. The fraction of sp³-hybridized carbons (Fsp3) is 0.533. The third kappa shape index (κ3) is 5.01. The van der Waals surface area contributed by atoms with Crippen molar-refractivity contribution in [1.82, 2.24) is 10.2 Å². The van der Waals surface area contributed by atoms with Crippen LogP contribution in [0.3, 0.4) is 0 Å². The summed E-state index contributed by atoms with van der Waals surface area (Å²) in [5, 5.41) is 11.9. The van der Waals surface area contributed by atoms with Gasteiger partial charge in [-0.1, -0.05) is 30.3 Å². The summed E-state index contributed by atoms with van der Waals surface area (Å²) in [5.74, 6) is -0.730. The second-order valence-electron chi connectivity index (χ2n) is 5.12. The van der Waals surface area contributed by atoms with Gasteiger partial charge in [-0.15, -0.1) is 0 Å². The van der Waals surface area contributed by atoms with Gasteiger partial charge in [-0.25, -0.2) is 0 Å². The summed E-state index contributed by atoms with van der Waals surface area (Å²) in [4.78, 5) is 12.9. The summed E-state index contributed by atoms with van der Waals surface area (Å²) in [6.45, 7) is 3.80. The van der Waals surface area contributed by atoms with E-state index in [9.17, 15) is 4.79 Å². The molecular weight excluding hydrogens is 240 g/mol. The molecule has 0 amide bonds. The highest BCUT2D eigenvalue weighted by Crippen LogP contribution is 2.10. The minimum absolute atomic E-state index is 0.209. The largest absolute Gasteiger partial charge is 0.481 e. The van der Waals surface area contributed by atoms with Crippen molar-refractivity contribution in [2.45, 2.75) is 25.3 Å². The van der Waals surface area contributed by atoms with Crippen molar-refractivity contribution >= 4 is 5.97 Å². The molecule has 1 heterocycles. The van der Waals surface area contributed by atoms with Crippen molar-refractivity contribution in [1.29, 1.82) is 0 Å². The SMILES string of the molecule is O=C(O)CCNC1CCN(CCc2ccccc2)C1. The van der Waals surface area contributed by atoms with Crippen LogP contribution < -0.4 is 5.32 Å². The summed E-state index contributed by atoms with van der Waals surface area (Å²) in [7, 11) is 0. The number of hydrogen-bond acceptors (Lipinski definition) is 3. The second-order valence-corrected chi connectivity index (χ2v) is 5.12. The maximum absolute atomic E-state index is 10.4. The maximum atomic E-state index is 10.4. The van der Waals surface area contributed by atoms with Crippen LogP contribution in [-0.4, -0.2) is 48.2 Å². The number of rotatable bonds is 7. The molecule has 104 valence electrons. The molecule has 0 aliphatic carbocycles. The van der Waals surface area contributed by atoms with Gasteiger partial charge in [0, 0.05) is 25.7 Å². The molecule has 1 aromatic carbocycles. The Morgan fingerprint density at radius 2 is 2.16 bits per heavy atom. The fourth-order valence-electron chi connectivity index (χ4n) is 2.52. The first-order valence-electron chi connectivity index (χ1n) is 6.95. The molecule has 0 radical (unpaired) electrons. The van der Waals surface area contributed by atoms with Crippen molar-refractivity contribution in [3.63, 3.8) is 0 Å². The van der Waals surface area contributed by atoms with Crippen LogP contribution in [0.15, 0.2) is 30.3 Å². The zero-order valence-corrected chi connectivity index (χ0v) is 11.2. The van der Waals surface area contributed by atoms with E-state index in [2.05, 4.69) is 34.5 Å². The molecule has 0 aromatic heterocycles. The Bertz CT molecular complexity index is 394. The van der Waals surface area contributed by atoms with Gasteiger partial charge in [0.2, 0.25) is 0 Å². The molecule has 4 heteroatoms. The summed E-state index contributed by atoms with van der Waals surface area (Å²) in [5.41, 5.74) is 1.38. The Kier molecular flexibility index (Phi) is 5.36. The topological polar surface area (TPSA) is 52.6 Å². The Morgan fingerprint density at radius 3 is 2.89 bits per heavy atom. The number of hydrogen-bond donors (Lipinski definition) is 2. The molecule has 1 saturated heterocycles. The predicted octanol–water partition coefficient (Wildman–Crippen LogP) is 1.37. The summed E-state index contributed by atoms with van der Waals surface area (Å²) in [6.07, 6.45) is 2.41. The molecule has 19 heavy (non-hydrogen) atoms. The molecule has 2 N–H and O–H groups in total. The molecule has 1 unspecified atom stereocenters. The van der Waals surface area contributed by atoms with Gasteiger partial charge in [0.15, 0.2) is 0 Å². The lowest BCUT2D eigenvalue weighted by atomic mass is 10.1. The molecule has 1 aliphatic rings. The number of carbonyl (C=O) groups is 1. The standard InChI is InChI=1S/C15H22N2O2/c18-15(19)6-9-16-14-8-11-17(12-14)10-7-13-4-2-1-3-5-13/h1-5,14,16H,6-12H2,(H,18,19). The highest BCUT2D eigenvalue weighted by Gasteiger charge is 2.21. The maximum Gasteiger partial charge on any atom is 0.304 e. The van der Waals surface area contributed by atoms with E-state index in [0.717, 1.165) is 32.5 Å². The van der Waals surface area contributed by atoms with E-state index in [1.807, 2.05) is 6.07 Å². The van der Waals surface area contributed by atoms with Crippen molar-refractivity contribution in [3.8, 4) is 0 Å². The summed E-state index contributed by atoms with van der Waals surface area (Å²) < 4.78 is 0. The predicted molar refractivity (Wildman–Crippen MR) is 75.2 cm³/mol. The molecule has 1 aliphatic heterocycles. The van der Waals surface area contributed by atoms with Crippen LogP contribution in [-0.2, 0) is 11.2 Å². The summed E-state index contributed by atoms with van der Waals surface area (Å²) >= 11 is 0. The lowest BCUT2D eigenvalue weighted by Gasteiger charge is -2.16. The minimum atomic E-state index is -0.730. The van der Waals surface area contributed by atoms with E-state index in [4.69, 9.17) is 5.11 Å². The number of carboxylic acid groups (broad SMARTS) is 1. The van der Waals surface area contributed by atoms with Crippen LogP contribution in [0.1, 0.15) is 18.4 Å². The number of nitrogens with one attached hydrogen (secondary N) is 1. The van der Waals surface area contributed by atoms with Crippen LogP contribution in [0.25, 0.3) is 0 Å². The first kappa shape index (κ1) is 14.0. The van der Waals surface area contributed by atoms with Gasteiger partial charge in [0.05, 0.1) is 6.42 Å². The van der Waals surface area contributed by atoms with Gasteiger partial charge in [0.1, 0.15) is 0 Å². The van der Waals surface area contributed by atoms with Crippen LogP contribution in [0, 0.1) is 0 Å². The molecule has 2 rings (SSSR count). The number of likely N-dealkylation sites (tertiary alicyclic amines) is 1. The smallest absolute Gasteiger partial charge is 0.304 e. The number of nitrogens with zero attached hydrogens (tertiary/aromatic N) is 1. The van der Waals surface area contributed by atoms with E-state index < -0.39 is 5.97 Å². The molecule has 1 aromatic rings. The number of carboxylic acids is 1. The third-order valence-corrected chi connectivity index (χ3v) is 3.60. The van der Waals surface area contributed by atoms with Crippen LogP contribution in [0.5, 0.6) is 0 Å². The van der Waals surface area contributed by atoms with Crippen LogP contribution in [0.2, 0.25) is 0 Å². The van der Waals surface area contributed by atoms with Gasteiger partial charge in [-0.3, -0.25) is 4.79 Å². The van der Waals surface area contributed by atoms with Gasteiger partial charge < -0.3 is 15.3 Å². The zero-order chi connectivity index (χ0) is 13.5. The van der Waals surface area contributed by atoms with Crippen molar-refractivity contribution in [2.24, 2.45) is 0 Å². The third-order valence-electron chi connectivity index (χ3n) is 3.60. The average molecular weight is 262 g/mol. The highest BCUT2D eigenvalue weighted by molar-refractivity contribution is 5.66. The molecule has 1 atom stereocenters. The van der Waals surface area contributed by atoms with Gasteiger partial charge in [-0.2, -0.15) is 0 Å². The number of benzene rings is 1. The molecule has 4 nitrogen and oxygen atoms in total. The zero-order valence-electron chi connectivity index (χ0n) is 11.2. The molecular formula is C15H22N2O2. The quantitative estimate of drug-likeness (QED) is 0.779. The molecule has 0 saturated carbocycles. The number of aliphatic carboxylic acids is 1. The Morgan fingerprint density at radius 1 is 1.37 bits per heavy atom. The normalized spacial score (nSPS) is 19.7. The first-order chi connectivity index (χ1) is 9.24.